The Labute approximate surface area is 150 Å². The number of nitrogens with one attached hydrogen (secondary N) is 1. The van der Waals surface area contributed by atoms with E-state index in [0.717, 1.165) is 16.8 Å². The van der Waals surface area contributed by atoms with E-state index >= 15 is 0 Å². The van der Waals surface area contributed by atoms with Gasteiger partial charge in [0.1, 0.15) is 0 Å². The first kappa shape index (κ1) is 18.6. The summed E-state index contributed by atoms with van der Waals surface area (Å²) in [6.45, 7) is 7.49. The molecule has 1 aromatic carbocycles. The third-order valence-corrected chi connectivity index (χ3v) is 4.24. The van der Waals surface area contributed by atoms with E-state index < -0.39 is 6.09 Å². The van der Waals surface area contributed by atoms with Crippen molar-refractivity contribution in [2.24, 2.45) is 5.10 Å². The Bertz CT molecular complexity index is 801. The van der Waals surface area contributed by atoms with Crippen LogP contribution in [0.3, 0.4) is 0 Å². The molecule has 2 rings (SSSR count). The highest BCUT2D eigenvalue weighted by Crippen LogP contribution is 2.29. The zero-order valence-corrected chi connectivity index (χ0v) is 15.4. The van der Waals surface area contributed by atoms with Crippen molar-refractivity contribution in [1.82, 2.24) is 10.4 Å². The van der Waals surface area contributed by atoms with Crippen LogP contribution in [-0.2, 0) is 9.53 Å². The second-order valence-electron chi connectivity index (χ2n) is 5.27. The van der Waals surface area contributed by atoms with E-state index in [2.05, 4.69) is 15.5 Å². The number of hydrazone groups is 1. The second kappa shape index (κ2) is 8.39. The highest BCUT2D eigenvalue weighted by Gasteiger charge is 2.18. The van der Waals surface area contributed by atoms with Crippen LogP contribution in [0.5, 0.6) is 0 Å². The number of rotatable bonds is 5. The molecule has 1 heterocycles. The number of thiazole rings is 1. The maximum absolute atomic E-state index is 12.1. The number of ether oxygens (including phenoxy) is 1. The van der Waals surface area contributed by atoms with Gasteiger partial charge in [-0.15, -0.1) is 11.3 Å². The molecule has 2 amide bonds. The Hall–Kier alpha value is -2.74. The molecule has 0 fully saturated rings. The van der Waals surface area contributed by atoms with E-state index in [1.165, 1.54) is 24.5 Å². The van der Waals surface area contributed by atoms with Crippen LogP contribution in [0.2, 0.25) is 0 Å². The maximum Gasteiger partial charge on any atom is 0.427 e. The summed E-state index contributed by atoms with van der Waals surface area (Å²) in [6.07, 6.45) is 0.769. The van der Waals surface area contributed by atoms with Gasteiger partial charge in [-0.3, -0.25) is 9.69 Å². The van der Waals surface area contributed by atoms with Crippen molar-refractivity contribution in [2.45, 2.75) is 27.7 Å². The number of aryl methyl sites for hydroxylation is 2. The largest absolute Gasteiger partial charge is 0.449 e. The lowest BCUT2D eigenvalue weighted by Crippen LogP contribution is -2.22. The third-order valence-electron chi connectivity index (χ3n) is 3.39. The first-order valence-corrected chi connectivity index (χ1v) is 8.59. The normalized spacial score (nSPS) is 10.7. The quantitative estimate of drug-likeness (QED) is 0.653. The molecule has 8 heteroatoms. The molecule has 0 aliphatic heterocycles. The summed E-state index contributed by atoms with van der Waals surface area (Å²) in [5.74, 6) is -0.134. The van der Waals surface area contributed by atoms with Gasteiger partial charge in [-0.05, 0) is 44.0 Å². The smallest absolute Gasteiger partial charge is 0.427 e. The maximum atomic E-state index is 12.1. The topological polar surface area (TPSA) is 83.9 Å². The standard InChI is InChI=1S/C17H20N4O3S/c1-5-24-17(23)20-18-9-14-10-25-16(19-14)21(13(4)22)15-7-6-11(2)12(3)8-15/h6-10H,5H2,1-4H3,(H,20,23)/b18-9-. The van der Waals surface area contributed by atoms with Gasteiger partial charge >= 0.3 is 6.09 Å². The Kier molecular flexibility index (Phi) is 6.24. The highest BCUT2D eigenvalue weighted by molar-refractivity contribution is 7.14. The molecule has 1 N–H and O–H groups in total. The minimum absolute atomic E-state index is 0.134. The number of hydrogen-bond acceptors (Lipinski definition) is 6. The van der Waals surface area contributed by atoms with Crippen LogP contribution in [0.25, 0.3) is 0 Å². The average molecular weight is 360 g/mol. The summed E-state index contributed by atoms with van der Waals surface area (Å²) in [6, 6.07) is 5.81. The van der Waals surface area contributed by atoms with Gasteiger partial charge in [-0.25, -0.2) is 15.2 Å². The number of benzene rings is 1. The average Bonchev–Trinajstić information content (AvgIpc) is 2.99. The SMILES string of the molecule is CCOC(=O)N/N=C\c1csc(N(C(C)=O)c2ccc(C)c(C)c2)n1. The Balaban J connectivity index is 2.19. The van der Waals surface area contributed by atoms with Gasteiger partial charge in [0.25, 0.3) is 0 Å². The molecule has 0 aliphatic rings. The fraction of sp³-hybridized carbons (Fsp3) is 0.294. The molecule has 7 nitrogen and oxygen atoms in total. The zero-order valence-electron chi connectivity index (χ0n) is 14.6. The summed E-state index contributed by atoms with van der Waals surface area (Å²) in [7, 11) is 0. The fourth-order valence-corrected chi connectivity index (χ4v) is 2.88. The van der Waals surface area contributed by atoms with Crippen LogP contribution < -0.4 is 10.3 Å². The predicted octanol–water partition coefficient (Wildman–Crippen LogP) is 3.52. The fourth-order valence-electron chi connectivity index (χ4n) is 2.04. The van der Waals surface area contributed by atoms with Crippen molar-refractivity contribution in [1.29, 1.82) is 0 Å². The van der Waals surface area contributed by atoms with Crippen molar-refractivity contribution in [3.63, 3.8) is 0 Å². The van der Waals surface area contributed by atoms with Gasteiger partial charge in [0.05, 0.1) is 24.2 Å². The lowest BCUT2D eigenvalue weighted by atomic mass is 10.1. The molecular weight excluding hydrogens is 340 g/mol. The van der Waals surface area contributed by atoms with Crippen LogP contribution in [0, 0.1) is 13.8 Å². The van der Waals surface area contributed by atoms with E-state index in [1.807, 2.05) is 32.0 Å². The van der Waals surface area contributed by atoms with Gasteiger partial charge in [0.2, 0.25) is 5.91 Å². The van der Waals surface area contributed by atoms with Gasteiger partial charge in [0.15, 0.2) is 5.13 Å². The van der Waals surface area contributed by atoms with Crippen molar-refractivity contribution in [3.05, 3.63) is 40.4 Å². The summed E-state index contributed by atoms with van der Waals surface area (Å²) < 4.78 is 4.70. The first-order chi connectivity index (χ1) is 11.9. The Morgan fingerprint density at radius 3 is 2.76 bits per heavy atom. The van der Waals surface area contributed by atoms with Crippen LogP contribution in [0.4, 0.5) is 15.6 Å². The number of amides is 2. The van der Waals surface area contributed by atoms with E-state index in [1.54, 1.807) is 17.2 Å². The molecule has 0 atom stereocenters. The molecule has 0 spiro atoms. The number of nitrogens with zero attached hydrogens (tertiary/aromatic N) is 3. The van der Waals surface area contributed by atoms with E-state index in [4.69, 9.17) is 4.74 Å². The zero-order chi connectivity index (χ0) is 18.4. The van der Waals surface area contributed by atoms with Gasteiger partial charge in [0, 0.05) is 12.3 Å². The van der Waals surface area contributed by atoms with Crippen LogP contribution in [0.1, 0.15) is 30.7 Å². The van der Waals surface area contributed by atoms with Crippen LogP contribution in [0.15, 0.2) is 28.7 Å². The van der Waals surface area contributed by atoms with Gasteiger partial charge in [-0.2, -0.15) is 5.10 Å². The number of anilines is 2. The molecule has 0 bridgehead atoms. The first-order valence-electron chi connectivity index (χ1n) is 7.71. The van der Waals surface area contributed by atoms with Gasteiger partial charge < -0.3 is 4.74 Å². The lowest BCUT2D eigenvalue weighted by Gasteiger charge is -2.19. The summed E-state index contributed by atoms with van der Waals surface area (Å²) in [5.41, 5.74) is 5.78. The number of carbonyl (C=O) groups excluding carboxylic acids is 2. The van der Waals surface area contributed by atoms with E-state index in [9.17, 15) is 9.59 Å². The Morgan fingerprint density at radius 1 is 1.36 bits per heavy atom. The molecule has 25 heavy (non-hydrogen) atoms. The third kappa shape index (κ3) is 4.87. The molecule has 0 aliphatic carbocycles. The number of carbonyl (C=O) groups is 2. The van der Waals surface area contributed by atoms with Crippen LogP contribution in [-0.4, -0.2) is 29.8 Å². The van der Waals surface area contributed by atoms with Crippen molar-refractivity contribution in [3.8, 4) is 0 Å². The predicted molar refractivity (Wildman–Crippen MR) is 98.6 cm³/mol. The highest BCUT2D eigenvalue weighted by atomic mass is 32.1. The number of aromatic nitrogens is 1. The Morgan fingerprint density at radius 2 is 2.12 bits per heavy atom. The van der Waals surface area contributed by atoms with Crippen molar-refractivity contribution >= 4 is 40.4 Å². The molecule has 0 saturated carbocycles. The molecule has 0 saturated heterocycles. The lowest BCUT2D eigenvalue weighted by molar-refractivity contribution is -0.115. The molecule has 2 aromatic rings. The molecule has 132 valence electrons. The molecule has 0 radical (unpaired) electrons. The van der Waals surface area contributed by atoms with E-state index in [-0.39, 0.29) is 12.5 Å². The summed E-state index contributed by atoms with van der Waals surface area (Å²) in [4.78, 5) is 29.2. The van der Waals surface area contributed by atoms with Crippen molar-refractivity contribution in [2.75, 3.05) is 11.5 Å². The van der Waals surface area contributed by atoms with E-state index in [0.29, 0.717) is 10.8 Å². The van der Waals surface area contributed by atoms with Crippen LogP contribution >= 0.6 is 11.3 Å². The molecule has 1 aromatic heterocycles. The molecular formula is C17H20N4O3S. The number of hydrogen-bond donors (Lipinski definition) is 1. The minimum Gasteiger partial charge on any atom is -0.449 e. The molecule has 0 unspecified atom stereocenters. The minimum atomic E-state index is -0.630. The van der Waals surface area contributed by atoms with Crippen molar-refractivity contribution < 1.29 is 14.3 Å². The monoisotopic (exact) mass is 360 g/mol. The summed E-state index contributed by atoms with van der Waals surface area (Å²) in [5, 5.41) is 6.06. The second-order valence-corrected chi connectivity index (χ2v) is 6.10. The summed E-state index contributed by atoms with van der Waals surface area (Å²) >= 11 is 1.32. The van der Waals surface area contributed by atoms with Gasteiger partial charge in [-0.1, -0.05) is 6.07 Å².